The Kier molecular flexibility index (Phi) is 3.84. The van der Waals surface area contributed by atoms with Crippen molar-refractivity contribution in [1.29, 1.82) is 0 Å². The van der Waals surface area contributed by atoms with Gasteiger partial charge in [-0.1, -0.05) is 13.8 Å². The summed E-state index contributed by atoms with van der Waals surface area (Å²) in [5.41, 5.74) is 0.0515. The van der Waals surface area contributed by atoms with E-state index >= 15 is 0 Å². The van der Waals surface area contributed by atoms with E-state index in [1.54, 1.807) is 16.8 Å². The third kappa shape index (κ3) is 2.89. The Morgan fingerprint density at radius 3 is 2.79 bits per heavy atom. The van der Waals surface area contributed by atoms with Gasteiger partial charge in [-0.25, -0.2) is 0 Å². The van der Waals surface area contributed by atoms with Crippen molar-refractivity contribution in [2.24, 2.45) is 5.41 Å². The zero-order valence-electron chi connectivity index (χ0n) is 8.33. The van der Waals surface area contributed by atoms with Gasteiger partial charge in [-0.2, -0.15) is 12.6 Å². The molecule has 1 aromatic heterocycles. The van der Waals surface area contributed by atoms with E-state index in [9.17, 15) is 4.79 Å². The maximum atomic E-state index is 11.7. The predicted octanol–water partition coefficient (Wildman–Crippen LogP) is 2.57. The molecule has 0 bridgehead atoms. The lowest BCUT2D eigenvalue weighted by molar-refractivity contribution is 0.347. The normalized spacial score (nSPS) is 11.7. The molecule has 78 valence electrons. The first-order valence-electron chi connectivity index (χ1n) is 4.42. The highest BCUT2D eigenvalue weighted by Crippen LogP contribution is 2.18. The molecule has 0 amide bonds. The van der Waals surface area contributed by atoms with E-state index in [4.69, 9.17) is 0 Å². The highest BCUT2D eigenvalue weighted by atomic mass is 79.9. The van der Waals surface area contributed by atoms with Gasteiger partial charge in [0.15, 0.2) is 0 Å². The quantitative estimate of drug-likeness (QED) is 0.842. The highest BCUT2D eigenvalue weighted by molar-refractivity contribution is 9.10. The van der Waals surface area contributed by atoms with E-state index in [1.165, 1.54) is 0 Å². The van der Waals surface area contributed by atoms with Crippen LogP contribution in [-0.4, -0.2) is 10.3 Å². The standard InChI is InChI=1S/C10H14BrNOS/c1-10(2,7-14)6-12-5-3-4-8(11)9(12)13/h3-5,14H,6-7H2,1-2H3. The summed E-state index contributed by atoms with van der Waals surface area (Å²) in [6, 6.07) is 3.62. The van der Waals surface area contributed by atoms with Crippen LogP contribution in [0.15, 0.2) is 27.6 Å². The maximum absolute atomic E-state index is 11.7. The second-order valence-electron chi connectivity index (χ2n) is 4.11. The minimum Gasteiger partial charge on any atom is -0.314 e. The Morgan fingerprint density at radius 2 is 2.21 bits per heavy atom. The minimum absolute atomic E-state index is 0.0161. The largest absolute Gasteiger partial charge is 0.314 e. The molecule has 0 aliphatic rings. The Hall–Kier alpha value is -0.220. The van der Waals surface area contributed by atoms with E-state index < -0.39 is 0 Å². The van der Waals surface area contributed by atoms with Crippen molar-refractivity contribution in [3.8, 4) is 0 Å². The molecule has 0 aliphatic heterocycles. The molecule has 2 nitrogen and oxygen atoms in total. The van der Waals surface area contributed by atoms with Crippen molar-refractivity contribution >= 4 is 28.6 Å². The zero-order chi connectivity index (χ0) is 10.8. The molecular weight excluding hydrogens is 262 g/mol. The Morgan fingerprint density at radius 1 is 1.57 bits per heavy atom. The van der Waals surface area contributed by atoms with Crippen LogP contribution in [0.5, 0.6) is 0 Å². The lowest BCUT2D eigenvalue weighted by Gasteiger charge is -2.22. The fourth-order valence-electron chi connectivity index (χ4n) is 1.14. The highest BCUT2D eigenvalue weighted by Gasteiger charge is 2.17. The maximum Gasteiger partial charge on any atom is 0.264 e. The van der Waals surface area contributed by atoms with Crippen molar-refractivity contribution in [2.45, 2.75) is 20.4 Å². The average molecular weight is 276 g/mol. The number of hydrogen-bond donors (Lipinski definition) is 1. The SMILES string of the molecule is CC(C)(CS)Cn1cccc(Br)c1=O. The van der Waals surface area contributed by atoms with Gasteiger partial charge in [0.05, 0.1) is 4.47 Å². The van der Waals surface area contributed by atoms with Gasteiger partial charge in [-0.15, -0.1) is 0 Å². The Labute approximate surface area is 97.9 Å². The molecule has 0 aliphatic carbocycles. The molecule has 0 fully saturated rings. The first-order chi connectivity index (χ1) is 6.46. The lowest BCUT2D eigenvalue weighted by atomic mass is 9.96. The summed E-state index contributed by atoms with van der Waals surface area (Å²) in [5, 5.41) is 0. The topological polar surface area (TPSA) is 22.0 Å². The fourth-order valence-corrected chi connectivity index (χ4v) is 1.62. The molecule has 0 saturated heterocycles. The van der Waals surface area contributed by atoms with Gasteiger partial charge in [0.25, 0.3) is 5.56 Å². The molecular formula is C10H14BrNOS. The van der Waals surface area contributed by atoms with Gasteiger partial charge < -0.3 is 4.57 Å². The minimum atomic E-state index is 0.0161. The molecule has 0 saturated carbocycles. The van der Waals surface area contributed by atoms with Crippen LogP contribution in [0.1, 0.15) is 13.8 Å². The molecule has 1 heterocycles. The van der Waals surface area contributed by atoms with Crippen LogP contribution in [0.3, 0.4) is 0 Å². The van der Waals surface area contributed by atoms with Crippen molar-refractivity contribution in [2.75, 3.05) is 5.75 Å². The number of rotatable bonds is 3. The number of aromatic nitrogens is 1. The molecule has 0 N–H and O–H groups in total. The predicted molar refractivity (Wildman–Crippen MR) is 66.0 cm³/mol. The zero-order valence-corrected chi connectivity index (χ0v) is 10.8. The third-order valence-corrected chi connectivity index (χ3v) is 3.46. The first kappa shape index (κ1) is 11.9. The van der Waals surface area contributed by atoms with E-state index in [1.807, 2.05) is 6.07 Å². The van der Waals surface area contributed by atoms with Crippen LogP contribution in [0.25, 0.3) is 0 Å². The second-order valence-corrected chi connectivity index (χ2v) is 5.28. The van der Waals surface area contributed by atoms with Crippen molar-refractivity contribution < 1.29 is 0 Å². The lowest BCUT2D eigenvalue weighted by Crippen LogP contribution is -2.29. The molecule has 4 heteroatoms. The number of thiol groups is 1. The number of hydrogen-bond acceptors (Lipinski definition) is 2. The van der Waals surface area contributed by atoms with Crippen molar-refractivity contribution in [1.82, 2.24) is 4.57 Å². The summed E-state index contributed by atoms with van der Waals surface area (Å²) in [4.78, 5) is 11.7. The smallest absolute Gasteiger partial charge is 0.264 e. The molecule has 14 heavy (non-hydrogen) atoms. The van der Waals surface area contributed by atoms with Crippen LogP contribution < -0.4 is 5.56 Å². The summed E-state index contributed by atoms with van der Waals surface area (Å²) in [6.07, 6.45) is 1.80. The Bertz CT molecular complexity index is 373. The van der Waals surface area contributed by atoms with Crippen LogP contribution in [0.4, 0.5) is 0 Å². The second kappa shape index (κ2) is 4.53. The van der Waals surface area contributed by atoms with Gasteiger partial charge >= 0.3 is 0 Å². The van der Waals surface area contributed by atoms with Crippen molar-refractivity contribution in [3.05, 3.63) is 33.2 Å². The monoisotopic (exact) mass is 275 g/mol. The number of halogens is 1. The van der Waals surface area contributed by atoms with Gasteiger partial charge in [-0.3, -0.25) is 4.79 Å². The van der Waals surface area contributed by atoms with E-state index in [0.29, 0.717) is 11.0 Å². The third-order valence-electron chi connectivity index (χ3n) is 2.00. The Balaban J connectivity index is 2.99. The average Bonchev–Trinajstić information content (AvgIpc) is 2.13. The van der Waals surface area contributed by atoms with Gasteiger partial charge in [-0.05, 0) is 39.2 Å². The van der Waals surface area contributed by atoms with Gasteiger partial charge in [0, 0.05) is 12.7 Å². The molecule has 0 atom stereocenters. The molecule has 1 aromatic rings. The molecule has 0 unspecified atom stereocenters. The fraction of sp³-hybridized carbons (Fsp3) is 0.500. The van der Waals surface area contributed by atoms with Gasteiger partial charge in [0.1, 0.15) is 0 Å². The van der Waals surface area contributed by atoms with Crippen LogP contribution in [-0.2, 0) is 6.54 Å². The van der Waals surface area contributed by atoms with Crippen LogP contribution in [0, 0.1) is 5.41 Å². The molecule has 0 aromatic carbocycles. The van der Waals surface area contributed by atoms with Crippen molar-refractivity contribution in [3.63, 3.8) is 0 Å². The number of nitrogens with zero attached hydrogens (tertiary/aromatic N) is 1. The van der Waals surface area contributed by atoms with E-state index in [-0.39, 0.29) is 11.0 Å². The summed E-state index contributed by atoms with van der Waals surface area (Å²) >= 11 is 7.49. The number of pyridine rings is 1. The molecule has 1 rings (SSSR count). The summed E-state index contributed by atoms with van der Waals surface area (Å²) in [5.74, 6) is 0.756. The summed E-state index contributed by atoms with van der Waals surface area (Å²) in [7, 11) is 0. The van der Waals surface area contributed by atoms with Crippen LogP contribution in [0.2, 0.25) is 0 Å². The molecule has 0 spiro atoms. The van der Waals surface area contributed by atoms with E-state index in [2.05, 4.69) is 42.4 Å². The summed E-state index contributed by atoms with van der Waals surface area (Å²) < 4.78 is 2.32. The summed E-state index contributed by atoms with van der Waals surface area (Å²) in [6.45, 7) is 4.87. The van der Waals surface area contributed by atoms with Gasteiger partial charge in [0.2, 0.25) is 0 Å². The first-order valence-corrected chi connectivity index (χ1v) is 5.85. The van der Waals surface area contributed by atoms with E-state index in [0.717, 1.165) is 5.75 Å². The molecule has 0 radical (unpaired) electrons. The van der Waals surface area contributed by atoms with Crippen LogP contribution >= 0.6 is 28.6 Å².